The number of carbonyl (C=O) groups is 3. The smallest absolute Gasteiger partial charge is 0.335 e. The lowest BCUT2D eigenvalue weighted by atomic mass is 10.0. The van der Waals surface area contributed by atoms with Crippen molar-refractivity contribution in [1.29, 1.82) is 0 Å². The van der Waals surface area contributed by atoms with Crippen LogP contribution in [0, 0.1) is 6.92 Å². The van der Waals surface area contributed by atoms with Gasteiger partial charge in [0.25, 0.3) is 0 Å². The average molecular weight is 276 g/mol. The van der Waals surface area contributed by atoms with E-state index < -0.39 is 12.0 Å². The third-order valence-electron chi connectivity index (χ3n) is 3.40. The predicted octanol–water partition coefficient (Wildman–Crippen LogP) is 0.935. The Balaban J connectivity index is 2.40. The van der Waals surface area contributed by atoms with Gasteiger partial charge in [-0.2, -0.15) is 0 Å². The van der Waals surface area contributed by atoms with Crippen LogP contribution in [-0.4, -0.2) is 35.5 Å². The number of carboxylic acids is 1. The molecule has 106 valence electrons. The van der Waals surface area contributed by atoms with E-state index in [1.54, 1.807) is 24.0 Å². The van der Waals surface area contributed by atoms with E-state index in [1.165, 1.54) is 6.07 Å². The van der Waals surface area contributed by atoms with E-state index in [0.29, 0.717) is 12.1 Å². The minimum atomic E-state index is -1.00. The lowest BCUT2D eigenvalue weighted by molar-refractivity contribution is -0.132. The Morgan fingerprint density at radius 1 is 1.45 bits per heavy atom. The number of amides is 2. The first-order chi connectivity index (χ1) is 9.43. The van der Waals surface area contributed by atoms with E-state index in [4.69, 9.17) is 5.11 Å². The summed E-state index contributed by atoms with van der Waals surface area (Å²) in [5, 5.41) is 11.3. The van der Waals surface area contributed by atoms with Gasteiger partial charge in [-0.3, -0.25) is 14.9 Å². The summed E-state index contributed by atoms with van der Waals surface area (Å²) in [6.07, 6.45) is 0.569. The van der Waals surface area contributed by atoms with Gasteiger partial charge in [0.1, 0.15) is 6.04 Å². The number of nitrogens with zero attached hydrogens (tertiary/aromatic N) is 1. The summed E-state index contributed by atoms with van der Waals surface area (Å²) >= 11 is 0. The topological polar surface area (TPSA) is 86.7 Å². The number of aryl methyl sites for hydroxylation is 1. The molecule has 1 aromatic rings. The van der Waals surface area contributed by atoms with Crippen LogP contribution >= 0.6 is 0 Å². The number of rotatable bonds is 3. The molecule has 1 unspecified atom stereocenters. The van der Waals surface area contributed by atoms with Crippen LogP contribution in [0.15, 0.2) is 18.2 Å². The second kappa shape index (κ2) is 5.32. The molecule has 0 spiro atoms. The van der Waals surface area contributed by atoms with Crippen molar-refractivity contribution in [3.05, 3.63) is 29.3 Å². The highest BCUT2D eigenvalue weighted by molar-refractivity contribution is 6.04. The fourth-order valence-electron chi connectivity index (χ4n) is 2.44. The largest absolute Gasteiger partial charge is 0.478 e. The molecule has 2 N–H and O–H groups in total. The maximum Gasteiger partial charge on any atom is 0.335 e. The molecular formula is C14H16N2O4. The molecule has 1 atom stereocenters. The molecule has 20 heavy (non-hydrogen) atoms. The number of hydrogen-bond acceptors (Lipinski definition) is 4. The molecule has 0 saturated carbocycles. The first-order valence-electron chi connectivity index (χ1n) is 6.38. The Morgan fingerprint density at radius 3 is 2.70 bits per heavy atom. The zero-order chi connectivity index (χ0) is 14.9. The number of carboxylic acid groups (broad SMARTS) is 1. The van der Waals surface area contributed by atoms with Gasteiger partial charge in [0.2, 0.25) is 11.8 Å². The molecule has 6 heteroatoms. The van der Waals surface area contributed by atoms with E-state index in [0.717, 1.165) is 5.56 Å². The van der Waals surface area contributed by atoms with Crippen molar-refractivity contribution in [2.24, 2.45) is 0 Å². The summed E-state index contributed by atoms with van der Waals surface area (Å²) in [4.78, 5) is 36.0. The molecule has 2 amide bonds. The van der Waals surface area contributed by atoms with Crippen molar-refractivity contribution in [2.45, 2.75) is 26.3 Å². The van der Waals surface area contributed by atoms with E-state index in [1.807, 2.05) is 6.92 Å². The van der Waals surface area contributed by atoms with E-state index >= 15 is 0 Å². The summed E-state index contributed by atoms with van der Waals surface area (Å²) in [6, 6.07) is 4.25. The number of benzene rings is 1. The normalized spacial score (nSPS) is 18.9. The van der Waals surface area contributed by atoms with Gasteiger partial charge in [0, 0.05) is 5.69 Å². The fraction of sp³-hybridized carbons (Fsp3) is 0.357. The summed E-state index contributed by atoms with van der Waals surface area (Å²) in [6.45, 7) is 3.73. The molecule has 6 nitrogen and oxygen atoms in total. The van der Waals surface area contributed by atoms with Crippen LogP contribution in [-0.2, 0) is 9.59 Å². The van der Waals surface area contributed by atoms with Crippen molar-refractivity contribution in [3.8, 4) is 0 Å². The average Bonchev–Trinajstić information content (AvgIpc) is 2.37. The fourth-order valence-corrected chi connectivity index (χ4v) is 2.44. The molecular weight excluding hydrogens is 260 g/mol. The highest BCUT2D eigenvalue weighted by atomic mass is 16.4. The SMILES string of the molecule is CCC1C(=O)NC(=O)CN1c1ccc(C(=O)O)cc1C. The molecule has 1 fully saturated rings. The van der Waals surface area contributed by atoms with Crippen LogP contribution in [0.5, 0.6) is 0 Å². The number of piperazine rings is 1. The highest BCUT2D eigenvalue weighted by Crippen LogP contribution is 2.25. The summed E-state index contributed by atoms with van der Waals surface area (Å²) in [5.74, 6) is -1.66. The Labute approximate surface area is 116 Å². The molecule has 1 aliphatic rings. The van der Waals surface area contributed by atoms with E-state index in [9.17, 15) is 14.4 Å². The van der Waals surface area contributed by atoms with Crippen molar-refractivity contribution in [3.63, 3.8) is 0 Å². The number of anilines is 1. The number of carbonyl (C=O) groups excluding carboxylic acids is 2. The summed E-state index contributed by atoms with van der Waals surface area (Å²) in [5.41, 5.74) is 1.63. The predicted molar refractivity (Wildman–Crippen MR) is 72.7 cm³/mol. The van der Waals surface area contributed by atoms with E-state index in [2.05, 4.69) is 5.32 Å². The Morgan fingerprint density at radius 2 is 2.15 bits per heavy atom. The Hall–Kier alpha value is -2.37. The van der Waals surface area contributed by atoms with Gasteiger partial charge in [-0.25, -0.2) is 4.79 Å². The number of imide groups is 1. The zero-order valence-electron chi connectivity index (χ0n) is 11.3. The quantitative estimate of drug-likeness (QED) is 0.802. The van der Waals surface area contributed by atoms with Crippen molar-refractivity contribution in [2.75, 3.05) is 11.4 Å². The maximum absolute atomic E-state index is 11.8. The van der Waals surface area contributed by atoms with Crippen LogP contribution < -0.4 is 10.2 Å². The van der Waals surface area contributed by atoms with Gasteiger partial charge < -0.3 is 10.0 Å². The lowest BCUT2D eigenvalue weighted by Gasteiger charge is -2.36. The number of hydrogen-bond donors (Lipinski definition) is 2. The van der Waals surface area contributed by atoms with Crippen LogP contribution in [0.2, 0.25) is 0 Å². The molecule has 1 aromatic carbocycles. The van der Waals surface area contributed by atoms with Gasteiger partial charge >= 0.3 is 5.97 Å². The molecule has 1 heterocycles. The minimum absolute atomic E-state index is 0.0947. The highest BCUT2D eigenvalue weighted by Gasteiger charge is 2.33. The third-order valence-corrected chi connectivity index (χ3v) is 3.40. The molecule has 0 aromatic heterocycles. The van der Waals surface area contributed by atoms with Gasteiger partial charge in [-0.05, 0) is 37.1 Å². The van der Waals surface area contributed by atoms with Gasteiger partial charge in [0.05, 0.1) is 12.1 Å². The molecule has 2 rings (SSSR count). The van der Waals surface area contributed by atoms with Crippen LogP contribution in [0.25, 0.3) is 0 Å². The van der Waals surface area contributed by atoms with E-state index in [-0.39, 0.29) is 23.9 Å². The Kier molecular flexibility index (Phi) is 3.74. The van der Waals surface area contributed by atoms with Crippen LogP contribution in [0.3, 0.4) is 0 Å². The lowest BCUT2D eigenvalue weighted by Crippen LogP contribution is -2.58. The van der Waals surface area contributed by atoms with Crippen molar-refractivity contribution in [1.82, 2.24) is 5.32 Å². The summed E-state index contributed by atoms with van der Waals surface area (Å²) < 4.78 is 0. The molecule has 0 aliphatic carbocycles. The second-order valence-electron chi connectivity index (χ2n) is 4.77. The van der Waals surface area contributed by atoms with Crippen molar-refractivity contribution >= 4 is 23.5 Å². The zero-order valence-corrected chi connectivity index (χ0v) is 11.3. The molecule has 1 saturated heterocycles. The molecule has 1 aliphatic heterocycles. The monoisotopic (exact) mass is 276 g/mol. The standard InChI is InChI=1S/C14H16N2O4/c1-3-10-13(18)15-12(17)7-16(10)11-5-4-9(14(19)20)6-8(11)2/h4-6,10H,3,7H2,1-2H3,(H,19,20)(H,15,17,18). The van der Waals surface area contributed by atoms with Gasteiger partial charge in [-0.1, -0.05) is 6.92 Å². The van der Waals surface area contributed by atoms with Crippen LogP contribution in [0.1, 0.15) is 29.3 Å². The maximum atomic E-state index is 11.8. The van der Waals surface area contributed by atoms with Crippen molar-refractivity contribution < 1.29 is 19.5 Å². The number of nitrogens with one attached hydrogen (secondary N) is 1. The summed E-state index contributed by atoms with van der Waals surface area (Å²) in [7, 11) is 0. The first-order valence-corrected chi connectivity index (χ1v) is 6.38. The molecule has 0 bridgehead atoms. The number of aromatic carboxylic acids is 1. The Bertz CT molecular complexity index is 583. The molecule has 0 radical (unpaired) electrons. The van der Waals surface area contributed by atoms with Crippen LogP contribution in [0.4, 0.5) is 5.69 Å². The van der Waals surface area contributed by atoms with Gasteiger partial charge in [0.15, 0.2) is 0 Å². The minimum Gasteiger partial charge on any atom is -0.478 e. The third kappa shape index (κ3) is 2.49. The second-order valence-corrected chi connectivity index (χ2v) is 4.77. The first kappa shape index (κ1) is 14.0. The van der Waals surface area contributed by atoms with Gasteiger partial charge in [-0.15, -0.1) is 0 Å².